The Balaban J connectivity index is 3.31. The highest BCUT2D eigenvalue weighted by Gasteiger charge is 2.10. The Hall–Kier alpha value is -0.120. The average molecular weight is 146 g/mol. The van der Waals surface area contributed by atoms with Gasteiger partial charge in [0.15, 0.2) is 0 Å². The molecule has 3 heteroatoms. The Kier molecular flexibility index (Phi) is 5.58. The van der Waals surface area contributed by atoms with E-state index in [1.807, 2.05) is 0 Å². The van der Waals surface area contributed by atoms with Crippen LogP contribution in [0.25, 0.3) is 0 Å². The zero-order valence-electron chi connectivity index (χ0n) is 6.80. The standard InChI is InChI=1S/C7H18N2O/c1-3-4-5-6(8)7(10)9-2/h6-7,9-10H,3-5,8H2,1-2H3/t6-,7?/m0/s1. The zero-order valence-corrected chi connectivity index (χ0v) is 6.80. The van der Waals surface area contributed by atoms with Crippen LogP contribution in [0.1, 0.15) is 26.2 Å². The van der Waals surface area contributed by atoms with E-state index in [4.69, 9.17) is 10.8 Å². The minimum atomic E-state index is -0.549. The van der Waals surface area contributed by atoms with Gasteiger partial charge in [-0.1, -0.05) is 19.8 Å². The molecule has 0 fully saturated rings. The molecule has 0 aliphatic carbocycles. The molecule has 0 radical (unpaired) electrons. The molecule has 0 rings (SSSR count). The van der Waals surface area contributed by atoms with Gasteiger partial charge in [-0.15, -0.1) is 0 Å². The molecule has 10 heavy (non-hydrogen) atoms. The molecule has 0 aromatic rings. The summed E-state index contributed by atoms with van der Waals surface area (Å²) in [5.41, 5.74) is 5.60. The van der Waals surface area contributed by atoms with Gasteiger partial charge < -0.3 is 10.8 Å². The minimum absolute atomic E-state index is 0.120. The summed E-state index contributed by atoms with van der Waals surface area (Å²) in [6.07, 6.45) is 2.55. The summed E-state index contributed by atoms with van der Waals surface area (Å²) >= 11 is 0. The topological polar surface area (TPSA) is 58.3 Å². The molecule has 3 nitrogen and oxygen atoms in total. The maximum Gasteiger partial charge on any atom is 0.119 e. The second-order valence-electron chi connectivity index (χ2n) is 2.54. The predicted molar refractivity (Wildman–Crippen MR) is 42.6 cm³/mol. The van der Waals surface area contributed by atoms with Gasteiger partial charge in [-0.05, 0) is 13.5 Å². The number of nitrogens with one attached hydrogen (secondary N) is 1. The molecule has 0 aliphatic heterocycles. The summed E-state index contributed by atoms with van der Waals surface area (Å²) in [7, 11) is 1.70. The molecule has 0 spiro atoms. The third-order valence-corrected chi connectivity index (χ3v) is 1.59. The lowest BCUT2D eigenvalue weighted by atomic mass is 10.1. The van der Waals surface area contributed by atoms with E-state index in [0.29, 0.717) is 0 Å². The van der Waals surface area contributed by atoms with Gasteiger partial charge in [0.2, 0.25) is 0 Å². The van der Waals surface area contributed by atoms with Gasteiger partial charge in [-0.25, -0.2) is 0 Å². The van der Waals surface area contributed by atoms with Crippen molar-refractivity contribution < 1.29 is 5.11 Å². The van der Waals surface area contributed by atoms with Crippen LogP contribution in [-0.2, 0) is 0 Å². The zero-order chi connectivity index (χ0) is 7.98. The fourth-order valence-electron chi connectivity index (χ4n) is 0.812. The molecular weight excluding hydrogens is 128 g/mol. The van der Waals surface area contributed by atoms with Crippen molar-refractivity contribution in [1.82, 2.24) is 5.32 Å². The molecule has 0 saturated carbocycles. The van der Waals surface area contributed by atoms with Crippen LogP contribution in [0, 0.1) is 0 Å². The fraction of sp³-hybridized carbons (Fsp3) is 1.00. The Morgan fingerprint density at radius 3 is 2.60 bits per heavy atom. The van der Waals surface area contributed by atoms with Crippen molar-refractivity contribution in [3.63, 3.8) is 0 Å². The highest BCUT2D eigenvalue weighted by atomic mass is 16.3. The predicted octanol–water partition coefficient (Wildman–Crippen LogP) is 0.0417. The summed E-state index contributed by atoms with van der Waals surface area (Å²) < 4.78 is 0. The first-order valence-corrected chi connectivity index (χ1v) is 3.83. The smallest absolute Gasteiger partial charge is 0.119 e. The molecule has 0 bridgehead atoms. The summed E-state index contributed by atoms with van der Waals surface area (Å²) in [4.78, 5) is 0. The van der Waals surface area contributed by atoms with Gasteiger partial charge in [0.05, 0.1) is 0 Å². The Morgan fingerprint density at radius 1 is 1.60 bits per heavy atom. The van der Waals surface area contributed by atoms with Crippen molar-refractivity contribution in [3.8, 4) is 0 Å². The van der Waals surface area contributed by atoms with E-state index in [1.165, 1.54) is 0 Å². The lowest BCUT2D eigenvalue weighted by molar-refractivity contribution is 0.113. The summed E-state index contributed by atoms with van der Waals surface area (Å²) in [6, 6.07) is -0.120. The number of aliphatic hydroxyl groups excluding tert-OH is 1. The van der Waals surface area contributed by atoms with Crippen LogP contribution < -0.4 is 11.1 Å². The van der Waals surface area contributed by atoms with Crippen molar-refractivity contribution >= 4 is 0 Å². The normalized spacial score (nSPS) is 16.8. The summed E-state index contributed by atoms with van der Waals surface area (Å²) in [6.45, 7) is 2.11. The van der Waals surface area contributed by atoms with E-state index in [2.05, 4.69) is 12.2 Å². The summed E-state index contributed by atoms with van der Waals surface area (Å²) in [5, 5.41) is 11.8. The lowest BCUT2D eigenvalue weighted by Crippen LogP contribution is -2.43. The van der Waals surface area contributed by atoms with Crippen molar-refractivity contribution in [1.29, 1.82) is 0 Å². The molecule has 4 N–H and O–H groups in total. The third-order valence-electron chi connectivity index (χ3n) is 1.59. The van der Waals surface area contributed by atoms with E-state index in [1.54, 1.807) is 7.05 Å². The SMILES string of the molecule is CCCC[C@H](N)C(O)NC. The van der Waals surface area contributed by atoms with Crippen molar-refractivity contribution in [3.05, 3.63) is 0 Å². The number of likely N-dealkylation sites (N-methyl/N-ethyl adjacent to an activating group) is 1. The van der Waals surface area contributed by atoms with E-state index < -0.39 is 6.23 Å². The maximum absolute atomic E-state index is 9.12. The van der Waals surface area contributed by atoms with Crippen LogP contribution in [-0.4, -0.2) is 24.4 Å². The fourth-order valence-corrected chi connectivity index (χ4v) is 0.812. The number of hydrogen-bond acceptors (Lipinski definition) is 3. The van der Waals surface area contributed by atoms with E-state index >= 15 is 0 Å². The van der Waals surface area contributed by atoms with Crippen LogP contribution in [0.15, 0.2) is 0 Å². The van der Waals surface area contributed by atoms with Gasteiger partial charge in [0, 0.05) is 6.04 Å². The Labute approximate surface area is 62.6 Å². The molecule has 1 unspecified atom stereocenters. The summed E-state index contributed by atoms with van der Waals surface area (Å²) in [5.74, 6) is 0. The number of unbranched alkanes of at least 4 members (excludes halogenated alkanes) is 1. The second-order valence-corrected chi connectivity index (χ2v) is 2.54. The molecule has 2 atom stereocenters. The maximum atomic E-state index is 9.12. The Bertz CT molecular complexity index is 78.0. The first-order valence-electron chi connectivity index (χ1n) is 3.83. The lowest BCUT2D eigenvalue weighted by Gasteiger charge is -2.16. The van der Waals surface area contributed by atoms with E-state index in [-0.39, 0.29) is 6.04 Å². The highest BCUT2D eigenvalue weighted by Crippen LogP contribution is 1.99. The van der Waals surface area contributed by atoms with Crippen LogP contribution in [0.5, 0.6) is 0 Å². The monoisotopic (exact) mass is 146 g/mol. The minimum Gasteiger partial charge on any atom is -0.377 e. The number of nitrogens with two attached hydrogens (primary N) is 1. The first kappa shape index (κ1) is 9.88. The molecule has 0 heterocycles. The molecule has 0 aromatic carbocycles. The van der Waals surface area contributed by atoms with Crippen LogP contribution >= 0.6 is 0 Å². The van der Waals surface area contributed by atoms with Gasteiger partial charge in [-0.2, -0.15) is 0 Å². The second kappa shape index (κ2) is 5.65. The number of aliphatic hydroxyl groups is 1. The van der Waals surface area contributed by atoms with Gasteiger partial charge in [0.25, 0.3) is 0 Å². The average Bonchev–Trinajstić information content (AvgIpc) is 1.98. The van der Waals surface area contributed by atoms with Crippen molar-refractivity contribution in [2.24, 2.45) is 5.73 Å². The van der Waals surface area contributed by atoms with Crippen molar-refractivity contribution in [2.75, 3.05) is 7.05 Å². The largest absolute Gasteiger partial charge is 0.377 e. The van der Waals surface area contributed by atoms with Crippen LogP contribution in [0.4, 0.5) is 0 Å². The third kappa shape index (κ3) is 3.82. The highest BCUT2D eigenvalue weighted by molar-refractivity contribution is 4.67. The van der Waals surface area contributed by atoms with Crippen LogP contribution in [0.3, 0.4) is 0 Å². The Morgan fingerprint density at radius 2 is 2.20 bits per heavy atom. The van der Waals surface area contributed by atoms with E-state index in [0.717, 1.165) is 19.3 Å². The molecule has 0 saturated heterocycles. The van der Waals surface area contributed by atoms with E-state index in [9.17, 15) is 0 Å². The van der Waals surface area contributed by atoms with Gasteiger partial charge in [0.1, 0.15) is 6.23 Å². The first-order chi connectivity index (χ1) is 4.72. The molecule has 0 aromatic heterocycles. The van der Waals surface area contributed by atoms with Crippen LogP contribution in [0.2, 0.25) is 0 Å². The number of rotatable bonds is 5. The molecule has 0 amide bonds. The van der Waals surface area contributed by atoms with Gasteiger partial charge >= 0.3 is 0 Å². The quantitative estimate of drug-likeness (QED) is 0.480. The van der Waals surface area contributed by atoms with Gasteiger partial charge in [-0.3, -0.25) is 5.32 Å². The van der Waals surface area contributed by atoms with Crippen molar-refractivity contribution in [2.45, 2.75) is 38.5 Å². The molecule has 62 valence electrons. The molecular formula is C7H18N2O. The molecule has 0 aliphatic rings. The number of hydrogen-bond donors (Lipinski definition) is 3.